The number of ether oxygens (including phenoxy) is 1. The molecule has 0 spiro atoms. The van der Waals surface area contributed by atoms with Crippen LogP contribution in [-0.2, 0) is 9.53 Å². The highest BCUT2D eigenvalue weighted by atomic mass is 32.1. The van der Waals surface area contributed by atoms with Crippen LogP contribution >= 0.6 is 11.3 Å². The second kappa shape index (κ2) is 5.57. The molecule has 2 unspecified atom stereocenters. The van der Waals surface area contributed by atoms with Gasteiger partial charge in [-0.15, -0.1) is 11.3 Å². The monoisotopic (exact) mass is 255 g/mol. The lowest BCUT2D eigenvalue weighted by Gasteiger charge is -2.38. The number of amides is 1. The summed E-state index contributed by atoms with van der Waals surface area (Å²) in [6.45, 7) is 1.12. The molecule has 5 nitrogen and oxygen atoms in total. The van der Waals surface area contributed by atoms with Gasteiger partial charge in [-0.3, -0.25) is 9.78 Å². The molecule has 1 aromatic heterocycles. The quantitative estimate of drug-likeness (QED) is 0.863. The van der Waals surface area contributed by atoms with Crippen molar-refractivity contribution < 1.29 is 9.53 Å². The van der Waals surface area contributed by atoms with Crippen LogP contribution in [0.25, 0.3) is 0 Å². The van der Waals surface area contributed by atoms with Crippen molar-refractivity contribution in [1.82, 2.24) is 9.88 Å². The Morgan fingerprint density at radius 2 is 2.53 bits per heavy atom. The lowest BCUT2D eigenvalue weighted by molar-refractivity contribution is -0.138. The third kappa shape index (κ3) is 2.65. The molecule has 17 heavy (non-hydrogen) atoms. The van der Waals surface area contributed by atoms with E-state index in [1.807, 2.05) is 4.90 Å². The van der Waals surface area contributed by atoms with Crippen molar-refractivity contribution in [3.05, 3.63) is 16.6 Å². The van der Waals surface area contributed by atoms with Crippen LogP contribution in [0.1, 0.15) is 23.8 Å². The van der Waals surface area contributed by atoms with E-state index in [1.165, 1.54) is 0 Å². The van der Waals surface area contributed by atoms with Gasteiger partial charge in [0.05, 0.1) is 18.2 Å². The SMILES string of the molecule is COCCN1C(=O)CCC(N)C1c1cncs1. The number of piperidine rings is 1. The van der Waals surface area contributed by atoms with E-state index in [0.717, 1.165) is 11.3 Å². The van der Waals surface area contributed by atoms with Crippen molar-refractivity contribution in [3.63, 3.8) is 0 Å². The Bertz CT molecular complexity index is 369. The first-order valence-corrected chi connectivity index (χ1v) is 6.54. The van der Waals surface area contributed by atoms with Gasteiger partial charge in [0.2, 0.25) is 5.91 Å². The molecule has 1 saturated heterocycles. The maximum absolute atomic E-state index is 12.0. The predicted octanol–water partition coefficient (Wildman–Crippen LogP) is 0.780. The summed E-state index contributed by atoms with van der Waals surface area (Å²) in [4.78, 5) is 18.9. The number of nitrogens with zero attached hydrogens (tertiary/aromatic N) is 2. The van der Waals surface area contributed by atoms with Gasteiger partial charge in [0.15, 0.2) is 0 Å². The number of carbonyl (C=O) groups excluding carboxylic acids is 1. The van der Waals surface area contributed by atoms with Crippen molar-refractivity contribution in [2.75, 3.05) is 20.3 Å². The van der Waals surface area contributed by atoms with Crippen LogP contribution in [0.2, 0.25) is 0 Å². The minimum Gasteiger partial charge on any atom is -0.383 e. The largest absolute Gasteiger partial charge is 0.383 e. The number of hydrogen-bond acceptors (Lipinski definition) is 5. The van der Waals surface area contributed by atoms with E-state index >= 15 is 0 Å². The van der Waals surface area contributed by atoms with Crippen LogP contribution in [0.5, 0.6) is 0 Å². The molecule has 0 aromatic carbocycles. The number of aromatic nitrogens is 1. The lowest BCUT2D eigenvalue weighted by Crippen LogP contribution is -2.49. The van der Waals surface area contributed by atoms with E-state index in [1.54, 1.807) is 30.2 Å². The van der Waals surface area contributed by atoms with E-state index in [0.29, 0.717) is 19.6 Å². The molecule has 0 aliphatic carbocycles. The summed E-state index contributed by atoms with van der Waals surface area (Å²) in [7, 11) is 1.63. The summed E-state index contributed by atoms with van der Waals surface area (Å²) in [5, 5.41) is 0. The van der Waals surface area contributed by atoms with Gasteiger partial charge in [-0.2, -0.15) is 0 Å². The van der Waals surface area contributed by atoms with Gasteiger partial charge < -0.3 is 15.4 Å². The molecule has 1 aromatic rings. The van der Waals surface area contributed by atoms with Crippen molar-refractivity contribution in [2.24, 2.45) is 5.73 Å². The molecule has 1 aliphatic heterocycles. The summed E-state index contributed by atoms with van der Waals surface area (Å²) in [5.74, 6) is 0.155. The van der Waals surface area contributed by atoms with E-state index in [2.05, 4.69) is 4.98 Å². The molecule has 2 heterocycles. The molecule has 1 amide bonds. The Labute approximate surface area is 105 Å². The molecular formula is C11H17N3O2S. The van der Waals surface area contributed by atoms with Gasteiger partial charge >= 0.3 is 0 Å². The highest BCUT2D eigenvalue weighted by molar-refractivity contribution is 7.09. The molecular weight excluding hydrogens is 238 g/mol. The molecule has 2 N–H and O–H groups in total. The minimum atomic E-state index is -0.0427. The first-order chi connectivity index (χ1) is 8.24. The van der Waals surface area contributed by atoms with Crippen molar-refractivity contribution in [1.29, 1.82) is 0 Å². The number of methoxy groups -OCH3 is 1. The lowest BCUT2D eigenvalue weighted by atomic mass is 9.95. The Kier molecular flexibility index (Phi) is 4.09. The third-order valence-electron chi connectivity index (χ3n) is 3.03. The van der Waals surface area contributed by atoms with Gasteiger partial charge in [0.25, 0.3) is 0 Å². The molecule has 94 valence electrons. The van der Waals surface area contributed by atoms with Crippen molar-refractivity contribution in [2.45, 2.75) is 24.9 Å². The standard InChI is InChI=1S/C11H17N3O2S/c1-16-5-4-14-10(15)3-2-8(12)11(14)9-6-13-7-17-9/h6-8,11H,2-5,12H2,1H3. The zero-order valence-corrected chi connectivity index (χ0v) is 10.7. The van der Waals surface area contributed by atoms with Crippen LogP contribution in [0.4, 0.5) is 0 Å². The predicted molar refractivity (Wildman–Crippen MR) is 65.7 cm³/mol. The van der Waals surface area contributed by atoms with Gasteiger partial charge in [-0.1, -0.05) is 0 Å². The zero-order valence-electron chi connectivity index (χ0n) is 9.83. The molecule has 0 radical (unpaired) electrons. The summed E-state index contributed by atoms with van der Waals surface area (Å²) in [5.41, 5.74) is 7.91. The number of rotatable bonds is 4. The molecule has 1 fully saturated rings. The van der Waals surface area contributed by atoms with E-state index in [4.69, 9.17) is 10.5 Å². The van der Waals surface area contributed by atoms with Crippen molar-refractivity contribution in [3.8, 4) is 0 Å². The maximum Gasteiger partial charge on any atom is 0.223 e. The van der Waals surface area contributed by atoms with Crippen LogP contribution in [-0.4, -0.2) is 42.1 Å². The first kappa shape index (κ1) is 12.5. The van der Waals surface area contributed by atoms with Gasteiger partial charge in [-0.05, 0) is 6.42 Å². The first-order valence-electron chi connectivity index (χ1n) is 5.66. The van der Waals surface area contributed by atoms with E-state index in [9.17, 15) is 4.79 Å². The maximum atomic E-state index is 12.0. The number of likely N-dealkylation sites (tertiary alicyclic amines) is 1. The Hall–Kier alpha value is -0.980. The molecule has 6 heteroatoms. The molecule has 0 saturated carbocycles. The zero-order chi connectivity index (χ0) is 12.3. The molecule has 0 bridgehead atoms. The van der Waals surface area contributed by atoms with Crippen molar-refractivity contribution >= 4 is 17.2 Å². The topological polar surface area (TPSA) is 68.5 Å². The van der Waals surface area contributed by atoms with Crippen LogP contribution in [0.15, 0.2) is 11.7 Å². The summed E-state index contributed by atoms with van der Waals surface area (Å²) >= 11 is 1.55. The Morgan fingerprint density at radius 3 is 3.18 bits per heavy atom. The minimum absolute atomic E-state index is 0.00925. The van der Waals surface area contributed by atoms with E-state index in [-0.39, 0.29) is 18.0 Å². The van der Waals surface area contributed by atoms with Gasteiger partial charge in [0, 0.05) is 37.2 Å². The van der Waals surface area contributed by atoms with Crippen LogP contribution < -0.4 is 5.73 Å². The van der Waals surface area contributed by atoms with Crippen LogP contribution in [0.3, 0.4) is 0 Å². The van der Waals surface area contributed by atoms with Gasteiger partial charge in [0.1, 0.15) is 0 Å². The second-order valence-corrected chi connectivity index (χ2v) is 5.05. The fraction of sp³-hybridized carbons (Fsp3) is 0.636. The van der Waals surface area contributed by atoms with Crippen LogP contribution in [0, 0.1) is 0 Å². The smallest absolute Gasteiger partial charge is 0.223 e. The fourth-order valence-electron chi connectivity index (χ4n) is 2.17. The number of carbonyl (C=O) groups is 1. The second-order valence-electron chi connectivity index (χ2n) is 4.13. The van der Waals surface area contributed by atoms with E-state index < -0.39 is 0 Å². The highest BCUT2D eigenvalue weighted by Crippen LogP contribution is 2.32. The Balaban J connectivity index is 2.19. The highest BCUT2D eigenvalue weighted by Gasteiger charge is 2.35. The normalized spacial score (nSPS) is 25.3. The third-order valence-corrected chi connectivity index (χ3v) is 3.88. The molecule has 2 atom stereocenters. The Morgan fingerprint density at radius 1 is 1.71 bits per heavy atom. The molecule has 1 aliphatic rings. The fourth-order valence-corrected chi connectivity index (χ4v) is 2.97. The number of thiazole rings is 1. The average molecular weight is 255 g/mol. The summed E-state index contributed by atoms with van der Waals surface area (Å²) in [6.07, 6.45) is 3.07. The number of hydrogen-bond donors (Lipinski definition) is 1. The molecule has 2 rings (SSSR count). The average Bonchev–Trinajstić information content (AvgIpc) is 2.83. The summed E-state index contributed by atoms with van der Waals surface area (Å²) < 4.78 is 5.05. The summed E-state index contributed by atoms with van der Waals surface area (Å²) in [6, 6.07) is -0.0519. The van der Waals surface area contributed by atoms with Gasteiger partial charge in [-0.25, -0.2) is 0 Å². The number of nitrogens with two attached hydrogens (primary N) is 1.